The molecule has 0 unspecified atom stereocenters. The highest BCUT2D eigenvalue weighted by atomic mass is 16.5. The third kappa shape index (κ3) is 5.18. The predicted molar refractivity (Wildman–Crippen MR) is 111 cm³/mol. The number of aliphatic imine (C=N–C) groups is 1. The molecule has 1 saturated carbocycles. The molecule has 1 aliphatic carbocycles. The lowest BCUT2D eigenvalue weighted by Crippen LogP contribution is -2.45. The lowest BCUT2D eigenvalue weighted by Gasteiger charge is -2.31. The van der Waals surface area contributed by atoms with E-state index in [9.17, 15) is 0 Å². The Balaban J connectivity index is 1.22. The van der Waals surface area contributed by atoms with Crippen molar-refractivity contribution >= 4 is 5.71 Å². The van der Waals surface area contributed by atoms with Gasteiger partial charge in [0.25, 0.3) is 0 Å². The zero-order valence-electron chi connectivity index (χ0n) is 16.2. The van der Waals surface area contributed by atoms with Gasteiger partial charge in [-0.1, -0.05) is 42.5 Å². The topological polar surface area (TPSA) is 28.1 Å². The molecule has 27 heavy (non-hydrogen) atoms. The van der Waals surface area contributed by atoms with Crippen molar-refractivity contribution in [3.63, 3.8) is 0 Å². The highest BCUT2D eigenvalue weighted by Gasteiger charge is 2.33. The van der Waals surface area contributed by atoms with Gasteiger partial charge in [0.2, 0.25) is 0 Å². The first-order valence-electron chi connectivity index (χ1n) is 9.99. The molecule has 2 aromatic carbocycles. The van der Waals surface area contributed by atoms with Crippen LogP contribution in [0.15, 0.2) is 59.6 Å². The minimum Gasteiger partial charge on any atom is -0.489 e. The number of benzene rings is 2. The summed E-state index contributed by atoms with van der Waals surface area (Å²) in [5.74, 6) is 1.46. The molecule has 2 aliphatic rings. The van der Waals surface area contributed by atoms with Gasteiger partial charge in [0.05, 0.1) is 6.54 Å². The summed E-state index contributed by atoms with van der Waals surface area (Å²) in [5, 5.41) is 0. The second-order valence-electron chi connectivity index (χ2n) is 7.62. The molecule has 142 valence electrons. The second kappa shape index (κ2) is 8.68. The maximum absolute atomic E-state index is 5.87. The summed E-state index contributed by atoms with van der Waals surface area (Å²) in [4.78, 5) is 9.76. The van der Waals surface area contributed by atoms with Gasteiger partial charge < -0.3 is 9.64 Å². The first kappa shape index (κ1) is 18.2. The van der Waals surface area contributed by atoms with E-state index in [1.807, 2.05) is 18.2 Å². The van der Waals surface area contributed by atoms with Crippen LogP contribution in [0.2, 0.25) is 0 Å². The van der Waals surface area contributed by atoms with E-state index in [0.717, 1.165) is 25.3 Å². The second-order valence-corrected chi connectivity index (χ2v) is 7.62. The number of rotatable bonds is 7. The van der Waals surface area contributed by atoms with Crippen LogP contribution in [0.1, 0.15) is 23.5 Å². The standard InChI is InChI=1S/C23H29N3O/c1-25-13-15-26(16-14-25)12-11-24-23-17-22(23)20-7-9-21(10-8-20)27-18-19-5-3-2-4-6-19/h2-10,22H,11-18H2,1H3/t22-/m0/s1. The van der Waals surface area contributed by atoms with Crippen molar-refractivity contribution in [3.8, 4) is 5.75 Å². The van der Waals surface area contributed by atoms with E-state index < -0.39 is 0 Å². The Bertz CT molecular complexity index is 749. The number of likely N-dealkylation sites (N-methyl/N-ethyl adjacent to an activating group) is 1. The molecule has 4 rings (SSSR count). The van der Waals surface area contributed by atoms with Crippen molar-refractivity contribution in [1.29, 1.82) is 0 Å². The van der Waals surface area contributed by atoms with Crippen molar-refractivity contribution in [1.82, 2.24) is 9.80 Å². The fourth-order valence-electron chi connectivity index (χ4n) is 3.58. The first-order valence-corrected chi connectivity index (χ1v) is 9.99. The summed E-state index contributed by atoms with van der Waals surface area (Å²) in [6, 6.07) is 18.8. The molecular weight excluding hydrogens is 334 g/mol. The summed E-state index contributed by atoms with van der Waals surface area (Å²) in [6.45, 7) is 7.35. The van der Waals surface area contributed by atoms with Crippen molar-refractivity contribution in [3.05, 3.63) is 65.7 Å². The minimum absolute atomic E-state index is 0.528. The Labute approximate surface area is 162 Å². The average Bonchev–Trinajstić information content (AvgIpc) is 3.49. The molecule has 0 aromatic heterocycles. The number of piperazine rings is 1. The minimum atomic E-state index is 0.528. The highest BCUT2D eigenvalue weighted by molar-refractivity contribution is 6.05. The molecule has 1 aliphatic heterocycles. The third-order valence-corrected chi connectivity index (χ3v) is 5.51. The fraction of sp³-hybridized carbons (Fsp3) is 0.435. The molecule has 0 N–H and O–H groups in total. The van der Waals surface area contributed by atoms with Crippen molar-refractivity contribution in [2.45, 2.75) is 18.9 Å². The Morgan fingerprint density at radius 1 is 0.963 bits per heavy atom. The van der Waals surface area contributed by atoms with E-state index in [1.54, 1.807) is 0 Å². The number of hydrogen-bond donors (Lipinski definition) is 0. The van der Waals surface area contributed by atoms with Crippen molar-refractivity contribution in [2.24, 2.45) is 4.99 Å². The smallest absolute Gasteiger partial charge is 0.119 e. The van der Waals surface area contributed by atoms with Crippen LogP contribution in [0.4, 0.5) is 0 Å². The van der Waals surface area contributed by atoms with Gasteiger partial charge in [0.1, 0.15) is 12.4 Å². The average molecular weight is 364 g/mol. The normalized spacial score (nSPS) is 22.1. The largest absolute Gasteiger partial charge is 0.489 e. The van der Waals surface area contributed by atoms with Crippen LogP contribution in [-0.2, 0) is 6.61 Å². The van der Waals surface area contributed by atoms with Crippen LogP contribution in [0, 0.1) is 0 Å². The molecule has 0 spiro atoms. The lowest BCUT2D eigenvalue weighted by atomic mass is 10.1. The molecule has 1 heterocycles. The van der Waals surface area contributed by atoms with Crippen LogP contribution in [0.25, 0.3) is 0 Å². The monoisotopic (exact) mass is 363 g/mol. The van der Waals surface area contributed by atoms with Crippen LogP contribution in [-0.4, -0.2) is 61.8 Å². The summed E-state index contributed by atoms with van der Waals surface area (Å²) in [7, 11) is 2.20. The first-order chi connectivity index (χ1) is 13.3. The molecule has 4 nitrogen and oxygen atoms in total. The van der Waals surface area contributed by atoms with Gasteiger partial charge >= 0.3 is 0 Å². The van der Waals surface area contributed by atoms with E-state index in [0.29, 0.717) is 12.5 Å². The Morgan fingerprint density at radius 3 is 2.44 bits per heavy atom. The van der Waals surface area contributed by atoms with E-state index in [-0.39, 0.29) is 0 Å². The van der Waals surface area contributed by atoms with Gasteiger partial charge in [-0.05, 0) is 36.7 Å². The van der Waals surface area contributed by atoms with Gasteiger partial charge in [-0.3, -0.25) is 9.89 Å². The molecule has 1 atom stereocenters. The molecule has 2 aromatic rings. The van der Waals surface area contributed by atoms with Gasteiger partial charge in [0, 0.05) is 44.4 Å². The maximum Gasteiger partial charge on any atom is 0.119 e. The Hall–Kier alpha value is -2.17. The molecule has 1 saturated heterocycles. The van der Waals surface area contributed by atoms with Gasteiger partial charge in [-0.25, -0.2) is 0 Å². The predicted octanol–water partition coefficient (Wildman–Crippen LogP) is 3.44. The molecular formula is C23H29N3O. The van der Waals surface area contributed by atoms with Gasteiger partial charge in [0.15, 0.2) is 0 Å². The van der Waals surface area contributed by atoms with E-state index in [2.05, 4.69) is 53.2 Å². The molecule has 0 bridgehead atoms. The van der Waals surface area contributed by atoms with Crippen LogP contribution in [0.5, 0.6) is 5.75 Å². The lowest BCUT2D eigenvalue weighted by molar-refractivity contribution is 0.157. The molecule has 0 radical (unpaired) electrons. The Morgan fingerprint density at radius 2 is 1.70 bits per heavy atom. The SMILES string of the molecule is CN1CCN(CCN=C2C[C@H]2c2ccc(OCc3ccccc3)cc2)CC1. The maximum atomic E-state index is 5.87. The molecule has 0 amide bonds. The van der Waals surface area contributed by atoms with Gasteiger partial charge in [-0.15, -0.1) is 0 Å². The summed E-state index contributed by atoms with van der Waals surface area (Å²) in [6.07, 6.45) is 1.12. The molecule has 2 fully saturated rings. The van der Waals surface area contributed by atoms with Crippen molar-refractivity contribution < 1.29 is 4.74 Å². The molecule has 4 heteroatoms. The number of hydrogen-bond acceptors (Lipinski definition) is 4. The van der Waals surface area contributed by atoms with Crippen LogP contribution >= 0.6 is 0 Å². The van der Waals surface area contributed by atoms with E-state index >= 15 is 0 Å². The van der Waals surface area contributed by atoms with E-state index in [4.69, 9.17) is 9.73 Å². The third-order valence-electron chi connectivity index (χ3n) is 5.51. The zero-order valence-corrected chi connectivity index (χ0v) is 16.2. The summed E-state index contributed by atoms with van der Waals surface area (Å²) >= 11 is 0. The zero-order chi connectivity index (χ0) is 18.5. The summed E-state index contributed by atoms with van der Waals surface area (Å²) in [5.41, 5.74) is 3.92. The van der Waals surface area contributed by atoms with Crippen molar-refractivity contribution in [2.75, 3.05) is 46.3 Å². The quantitative estimate of drug-likeness (QED) is 0.754. The van der Waals surface area contributed by atoms with Crippen LogP contribution in [0.3, 0.4) is 0 Å². The fourth-order valence-corrected chi connectivity index (χ4v) is 3.58. The highest BCUT2D eigenvalue weighted by Crippen LogP contribution is 2.38. The van der Waals surface area contributed by atoms with Gasteiger partial charge in [-0.2, -0.15) is 0 Å². The summed E-state index contributed by atoms with van der Waals surface area (Å²) < 4.78 is 5.87. The van der Waals surface area contributed by atoms with Crippen LogP contribution < -0.4 is 4.74 Å². The number of ether oxygens (including phenoxy) is 1. The van der Waals surface area contributed by atoms with E-state index in [1.165, 1.54) is 43.0 Å². The Kier molecular flexibility index (Phi) is 5.85. The number of nitrogens with zero attached hydrogens (tertiary/aromatic N) is 3.